The highest BCUT2D eigenvalue weighted by Gasteiger charge is 2.28. The molecule has 0 radical (unpaired) electrons. The van der Waals surface area contributed by atoms with Gasteiger partial charge in [0.25, 0.3) is 5.91 Å². The highest BCUT2D eigenvalue weighted by atomic mass is 16.2. The fourth-order valence-corrected chi connectivity index (χ4v) is 3.26. The number of nitrogens with one attached hydrogen (secondary N) is 2. The van der Waals surface area contributed by atoms with Crippen LogP contribution in [0.5, 0.6) is 0 Å². The van der Waals surface area contributed by atoms with Crippen LogP contribution in [-0.2, 0) is 6.42 Å². The molecule has 0 fully saturated rings. The maximum absolute atomic E-state index is 13.2. The summed E-state index contributed by atoms with van der Waals surface area (Å²) in [6.45, 7) is 5.04. The van der Waals surface area contributed by atoms with Crippen LogP contribution in [0.1, 0.15) is 29.3 Å². The van der Waals surface area contributed by atoms with Crippen LogP contribution in [0.15, 0.2) is 30.5 Å². The number of hydrogen-bond acceptors (Lipinski definition) is 6. The van der Waals surface area contributed by atoms with Gasteiger partial charge in [0.1, 0.15) is 11.4 Å². The first kappa shape index (κ1) is 19.1. The quantitative estimate of drug-likeness (QED) is 0.730. The van der Waals surface area contributed by atoms with Crippen molar-refractivity contribution in [2.24, 2.45) is 0 Å². The third-order valence-electron chi connectivity index (χ3n) is 4.71. The number of aryl methyl sites for hydroxylation is 1. The van der Waals surface area contributed by atoms with E-state index in [1.54, 1.807) is 6.20 Å². The van der Waals surface area contributed by atoms with E-state index in [4.69, 9.17) is 0 Å². The van der Waals surface area contributed by atoms with Crippen molar-refractivity contribution in [1.82, 2.24) is 15.3 Å². The molecule has 1 aliphatic rings. The molecule has 2 aromatic rings. The van der Waals surface area contributed by atoms with Gasteiger partial charge in [-0.1, -0.05) is 12.1 Å². The van der Waals surface area contributed by atoms with Crippen LogP contribution in [0.4, 0.5) is 17.5 Å². The molecule has 0 aliphatic carbocycles. The summed E-state index contributed by atoms with van der Waals surface area (Å²) in [5, 5.41) is 6.28. The Labute approximate surface area is 160 Å². The van der Waals surface area contributed by atoms with Gasteiger partial charge in [-0.2, -0.15) is 4.98 Å². The van der Waals surface area contributed by atoms with Crippen LogP contribution in [0, 0.1) is 0 Å². The molecule has 144 valence electrons. The molecule has 0 saturated carbocycles. The standard InChI is InChI=1S/C20H28N6O/c1-4-22-20-23-14-17-18(24-20)25(3)11-12-26(19(17)27)16-9-5-7-15(13-16)8-6-10-21-2/h5,7,9,13-14,21H,4,6,8,10-12H2,1-3H3,(H,22,23,24). The number of anilines is 3. The third-order valence-corrected chi connectivity index (χ3v) is 4.71. The molecule has 2 N–H and O–H groups in total. The summed E-state index contributed by atoms with van der Waals surface area (Å²) in [5.74, 6) is 1.18. The summed E-state index contributed by atoms with van der Waals surface area (Å²) in [4.78, 5) is 25.9. The summed E-state index contributed by atoms with van der Waals surface area (Å²) >= 11 is 0. The van der Waals surface area contributed by atoms with Crippen LogP contribution in [0.2, 0.25) is 0 Å². The molecule has 1 amide bonds. The van der Waals surface area contributed by atoms with E-state index in [0.717, 1.165) is 31.6 Å². The van der Waals surface area contributed by atoms with Crippen molar-refractivity contribution < 1.29 is 4.79 Å². The Bertz CT molecular complexity index is 794. The average Bonchev–Trinajstić information content (AvgIpc) is 2.80. The molecule has 2 heterocycles. The Kier molecular flexibility index (Phi) is 6.24. The van der Waals surface area contributed by atoms with Gasteiger partial charge in [-0.25, -0.2) is 4.98 Å². The Morgan fingerprint density at radius 1 is 1.26 bits per heavy atom. The van der Waals surface area contributed by atoms with Crippen LogP contribution < -0.4 is 20.4 Å². The smallest absolute Gasteiger partial charge is 0.263 e. The van der Waals surface area contributed by atoms with E-state index < -0.39 is 0 Å². The first-order chi connectivity index (χ1) is 13.1. The second kappa shape index (κ2) is 8.81. The van der Waals surface area contributed by atoms with Gasteiger partial charge in [0.15, 0.2) is 0 Å². The maximum Gasteiger partial charge on any atom is 0.263 e. The number of benzene rings is 1. The van der Waals surface area contributed by atoms with Crippen molar-refractivity contribution in [3.05, 3.63) is 41.6 Å². The molecular formula is C20H28N6O. The number of nitrogens with zero attached hydrogens (tertiary/aromatic N) is 4. The second-order valence-electron chi connectivity index (χ2n) is 6.72. The van der Waals surface area contributed by atoms with Crippen LogP contribution in [0.3, 0.4) is 0 Å². The van der Waals surface area contributed by atoms with Crippen LogP contribution in [0.25, 0.3) is 0 Å². The lowest BCUT2D eigenvalue weighted by atomic mass is 10.1. The van der Waals surface area contributed by atoms with Crippen LogP contribution in [-0.4, -0.2) is 56.1 Å². The lowest BCUT2D eigenvalue weighted by Gasteiger charge is -2.21. The molecule has 7 nitrogen and oxygen atoms in total. The lowest BCUT2D eigenvalue weighted by molar-refractivity contribution is 0.0989. The third kappa shape index (κ3) is 4.36. The summed E-state index contributed by atoms with van der Waals surface area (Å²) in [6, 6.07) is 8.26. The molecule has 1 aromatic carbocycles. The number of amides is 1. The molecule has 0 unspecified atom stereocenters. The molecule has 0 saturated heterocycles. The predicted molar refractivity (Wildman–Crippen MR) is 110 cm³/mol. The van der Waals surface area contributed by atoms with Crippen molar-refractivity contribution in [3.8, 4) is 0 Å². The van der Waals surface area contributed by atoms with Gasteiger partial charge in [-0.05, 0) is 51.1 Å². The van der Waals surface area contributed by atoms with E-state index in [2.05, 4.69) is 32.7 Å². The summed E-state index contributed by atoms with van der Waals surface area (Å²) in [6.07, 6.45) is 3.69. The Hall–Kier alpha value is -2.67. The number of likely N-dealkylation sites (N-methyl/N-ethyl adjacent to an activating group) is 1. The maximum atomic E-state index is 13.2. The minimum atomic E-state index is -0.0511. The zero-order chi connectivity index (χ0) is 19.2. The van der Waals surface area contributed by atoms with Gasteiger partial charge in [-0.3, -0.25) is 4.79 Å². The van der Waals surface area contributed by atoms with E-state index in [9.17, 15) is 4.79 Å². The monoisotopic (exact) mass is 368 g/mol. The number of aromatic nitrogens is 2. The van der Waals surface area contributed by atoms with Gasteiger partial charge in [-0.15, -0.1) is 0 Å². The van der Waals surface area contributed by atoms with Crippen molar-refractivity contribution in [2.75, 3.05) is 55.4 Å². The predicted octanol–water partition coefficient (Wildman–Crippen LogP) is 2.16. The Balaban J connectivity index is 1.87. The van der Waals surface area contributed by atoms with E-state index in [-0.39, 0.29) is 5.91 Å². The zero-order valence-electron chi connectivity index (χ0n) is 16.3. The summed E-state index contributed by atoms with van der Waals surface area (Å²) < 4.78 is 0. The van der Waals surface area contributed by atoms with Crippen molar-refractivity contribution in [1.29, 1.82) is 0 Å². The molecule has 1 aromatic heterocycles. The minimum Gasteiger partial charge on any atom is -0.357 e. The summed E-state index contributed by atoms with van der Waals surface area (Å²) in [7, 11) is 3.93. The number of rotatable bonds is 7. The fourth-order valence-electron chi connectivity index (χ4n) is 3.26. The molecular weight excluding hydrogens is 340 g/mol. The Morgan fingerprint density at radius 2 is 2.11 bits per heavy atom. The van der Waals surface area contributed by atoms with Gasteiger partial charge in [0, 0.05) is 38.6 Å². The van der Waals surface area contributed by atoms with Crippen LogP contribution >= 0.6 is 0 Å². The van der Waals surface area contributed by atoms with Crippen molar-refractivity contribution in [3.63, 3.8) is 0 Å². The SMILES string of the molecule is CCNc1ncc2c(n1)N(C)CCN(c1cccc(CCCNC)c1)C2=O. The van der Waals surface area contributed by atoms with E-state index >= 15 is 0 Å². The number of carbonyl (C=O) groups excluding carboxylic acids is 1. The van der Waals surface area contributed by atoms with Gasteiger partial charge in [0.05, 0.1) is 0 Å². The zero-order valence-corrected chi connectivity index (χ0v) is 16.3. The topological polar surface area (TPSA) is 73.4 Å². The van der Waals surface area contributed by atoms with E-state index in [1.807, 2.05) is 43.0 Å². The minimum absolute atomic E-state index is 0.0511. The summed E-state index contributed by atoms with van der Waals surface area (Å²) in [5.41, 5.74) is 2.71. The normalized spacial score (nSPS) is 14.1. The van der Waals surface area contributed by atoms with Crippen molar-refractivity contribution >= 4 is 23.4 Å². The number of carbonyl (C=O) groups is 1. The number of hydrogen-bond donors (Lipinski definition) is 2. The molecule has 0 bridgehead atoms. The molecule has 0 spiro atoms. The van der Waals surface area contributed by atoms with E-state index in [1.165, 1.54) is 5.56 Å². The lowest BCUT2D eigenvalue weighted by Crippen LogP contribution is -2.33. The Morgan fingerprint density at radius 3 is 2.89 bits per heavy atom. The van der Waals surface area contributed by atoms with Gasteiger partial charge < -0.3 is 20.4 Å². The second-order valence-corrected chi connectivity index (χ2v) is 6.72. The van der Waals surface area contributed by atoms with Crippen molar-refractivity contribution in [2.45, 2.75) is 19.8 Å². The van der Waals surface area contributed by atoms with Gasteiger partial charge >= 0.3 is 0 Å². The molecule has 1 aliphatic heterocycles. The number of fused-ring (bicyclic) bond motifs is 1. The largest absolute Gasteiger partial charge is 0.357 e. The highest BCUT2D eigenvalue weighted by molar-refractivity contribution is 6.09. The first-order valence-electron chi connectivity index (χ1n) is 9.51. The molecule has 0 atom stereocenters. The van der Waals surface area contributed by atoms with E-state index in [0.29, 0.717) is 30.4 Å². The highest BCUT2D eigenvalue weighted by Crippen LogP contribution is 2.27. The average molecular weight is 368 g/mol. The molecule has 7 heteroatoms. The first-order valence-corrected chi connectivity index (χ1v) is 9.51. The molecule has 27 heavy (non-hydrogen) atoms. The van der Waals surface area contributed by atoms with Gasteiger partial charge in [0.2, 0.25) is 5.95 Å². The molecule has 3 rings (SSSR count). The fraction of sp³-hybridized carbons (Fsp3) is 0.450.